The van der Waals surface area contributed by atoms with Crippen LogP contribution in [-0.2, 0) is 14.3 Å². The summed E-state index contributed by atoms with van der Waals surface area (Å²) < 4.78 is 5.54. The van der Waals surface area contributed by atoms with Crippen molar-refractivity contribution in [1.29, 1.82) is 0 Å². The van der Waals surface area contributed by atoms with E-state index in [-0.39, 0.29) is 18.4 Å². The standard InChI is InChI=1S/C14H23NO4/c16-13(17)7-6-11-4-3-8-15(10-11)14(18)12-5-1-2-9-19-12/h11-12H,1-10H2,(H,16,17)/t11-,12-/m1/s1. The van der Waals surface area contributed by atoms with Crippen LogP contribution in [0, 0.1) is 5.92 Å². The zero-order chi connectivity index (χ0) is 13.7. The van der Waals surface area contributed by atoms with Crippen LogP contribution in [0.5, 0.6) is 0 Å². The normalized spacial score (nSPS) is 28.1. The predicted octanol–water partition coefficient (Wildman–Crippen LogP) is 1.66. The minimum absolute atomic E-state index is 0.111. The number of hydrogen-bond donors (Lipinski definition) is 1. The van der Waals surface area contributed by atoms with E-state index in [0.29, 0.717) is 25.5 Å². The van der Waals surface area contributed by atoms with Gasteiger partial charge in [0.05, 0.1) is 0 Å². The molecule has 0 bridgehead atoms. The summed E-state index contributed by atoms with van der Waals surface area (Å²) in [5.41, 5.74) is 0. The first-order valence-electron chi connectivity index (χ1n) is 7.29. The zero-order valence-corrected chi connectivity index (χ0v) is 11.3. The largest absolute Gasteiger partial charge is 0.481 e. The van der Waals surface area contributed by atoms with Gasteiger partial charge < -0.3 is 14.7 Å². The van der Waals surface area contributed by atoms with E-state index in [1.807, 2.05) is 4.90 Å². The lowest BCUT2D eigenvalue weighted by Crippen LogP contribution is -2.46. The van der Waals surface area contributed by atoms with Gasteiger partial charge in [-0.25, -0.2) is 0 Å². The second-order valence-electron chi connectivity index (χ2n) is 5.58. The number of carboxylic acids is 1. The molecule has 1 N–H and O–H groups in total. The van der Waals surface area contributed by atoms with Gasteiger partial charge in [0.25, 0.3) is 5.91 Å². The second kappa shape index (κ2) is 6.89. The maximum atomic E-state index is 12.3. The van der Waals surface area contributed by atoms with E-state index >= 15 is 0 Å². The van der Waals surface area contributed by atoms with Crippen molar-refractivity contribution >= 4 is 11.9 Å². The van der Waals surface area contributed by atoms with Crippen LogP contribution in [0.1, 0.15) is 44.9 Å². The van der Waals surface area contributed by atoms with E-state index in [1.165, 1.54) is 0 Å². The van der Waals surface area contributed by atoms with E-state index in [4.69, 9.17) is 9.84 Å². The van der Waals surface area contributed by atoms with Crippen LogP contribution in [-0.4, -0.2) is 47.7 Å². The Morgan fingerprint density at radius 3 is 2.74 bits per heavy atom. The predicted molar refractivity (Wildman–Crippen MR) is 69.8 cm³/mol. The number of carbonyl (C=O) groups is 2. The molecule has 0 aromatic heterocycles. The molecule has 2 saturated heterocycles. The molecule has 2 rings (SSSR count). The van der Waals surface area contributed by atoms with Gasteiger partial charge >= 0.3 is 5.97 Å². The summed E-state index contributed by atoms with van der Waals surface area (Å²) in [4.78, 5) is 24.8. The van der Waals surface area contributed by atoms with Crippen LogP contribution >= 0.6 is 0 Å². The summed E-state index contributed by atoms with van der Waals surface area (Å²) in [5, 5.41) is 8.72. The summed E-state index contributed by atoms with van der Waals surface area (Å²) in [7, 11) is 0. The Morgan fingerprint density at radius 1 is 1.21 bits per heavy atom. The Kier molecular flexibility index (Phi) is 5.19. The van der Waals surface area contributed by atoms with Crippen molar-refractivity contribution in [3.63, 3.8) is 0 Å². The number of carboxylic acid groups (broad SMARTS) is 1. The molecular weight excluding hydrogens is 246 g/mol. The van der Waals surface area contributed by atoms with Crippen LogP contribution in [0.2, 0.25) is 0 Å². The summed E-state index contributed by atoms with van der Waals surface area (Å²) >= 11 is 0. The fourth-order valence-corrected chi connectivity index (χ4v) is 2.97. The first kappa shape index (κ1) is 14.3. The van der Waals surface area contributed by atoms with Gasteiger partial charge in [-0.15, -0.1) is 0 Å². The number of rotatable bonds is 4. The number of piperidine rings is 1. The van der Waals surface area contributed by atoms with Crippen LogP contribution < -0.4 is 0 Å². The molecule has 2 fully saturated rings. The SMILES string of the molecule is O=C(O)CC[C@H]1CCCN(C(=O)[C@H]2CCCCO2)C1. The summed E-state index contributed by atoms with van der Waals surface area (Å²) in [5.74, 6) is -0.309. The average Bonchev–Trinajstić information content (AvgIpc) is 2.45. The van der Waals surface area contributed by atoms with Gasteiger partial charge in [-0.05, 0) is 44.4 Å². The lowest BCUT2D eigenvalue weighted by atomic mass is 9.93. The van der Waals surface area contributed by atoms with Gasteiger partial charge in [0.2, 0.25) is 0 Å². The van der Waals surface area contributed by atoms with Gasteiger partial charge in [0.15, 0.2) is 0 Å². The molecule has 2 heterocycles. The van der Waals surface area contributed by atoms with Crippen molar-refractivity contribution in [2.75, 3.05) is 19.7 Å². The summed E-state index contributed by atoms with van der Waals surface area (Å²) in [6.45, 7) is 2.18. The first-order valence-corrected chi connectivity index (χ1v) is 7.29. The molecule has 0 radical (unpaired) electrons. The Balaban J connectivity index is 1.82. The Labute approximate surface area is 113 Å². The Morgan fingerprint density at radius 2 is 2.05 bits per heavy atom. The van der Waals surface area contributed by atoms with Crippen molar-refractivity contribution in [3.8, 4) is 0 Å². The molecule has 0 aromatic rings. The molecule has 2 atom stereocenters. The minimum Gasteiger partial charge on any atom is -0.481 e. The van der Waals surface area contributed by atoms with Gasteiger partial charge in [-0.1, -0.05) is 0 Å². The minimum atomic E-state index is -0.751. The van der Waals surface area contributed by atoms with Crippen molar-refractivity contribution in [3.05, 3.63) is 0 Å². The van der Waals surface area contributed by atoms with E-state index in [2.05, 4.69) is 0 Å². The molecule has 19 heavy (non-hydrogen) atoms. The highest BCUT2D eigenvalue weighted by atomic mass is 16.5. The third-order valence-corrected chi connectivity index (χ3v) is 4.05. The van der Waals surface area contributed by atoms with Crippen molar-refractivity contribution < 1.29 is 19.4 Å². The third-order valence-electron chi connectivity index (χ3n) is 4.05. The number of ether oxygens (including phenoxy) is 1. The molecule has 0 saturated carbocycles. The van der Waals surface area contributed by atoms with Crippen LogP contribution in [0.15, 0.2) is 0 Å². The van der Waals surface area contributed by atoms with E-state index < -0.39 is 5.97 Å². The highest BCUT2D eigenvalue weighted by molar-refractivity contribution is 5.81. The maximum Gasteiger partial charge on any atom is 0.303 e. The highest BCUT2D eigenvalue weighted by Crippen LogP contribution is 2.23. The van der Waals surface area contributed by atoms with Crippen LogP contribution in [0.3, 0.4) is 0 Å². The molecule has 108 valence electrons. The monoisotopic (exact) mass is 269 g/mol. The summed E-state index contributed by atoms with van der Waals surface area (Å²) in [6, 6.07) is 0. The van der Waals surface area contributed by atoms with Crippen LogP contribution in [0.25, 0.3) is 0 Å². The second-order valence-corrected chi connectivity index (χ2v) is 5.58. The van der Waals surface area contributed by atoms with E-state index in [0.717, 1.165) is 38.6 Å². The van der Waals surface area contributed by atoms with Crippen molar-refractivity contribution in [2.45, 2.75) is 51.0 Å². The fourth-order valence-electron chi connectivity index (χ4n) is 2.97. The van der Waals surface area contributed by atoms with Gasteiger partial charge in [0.1, 0.15) is 6.10 Å². The van der Waals surface area contributed by atoms with E-state index in [9.17, 15) is 9.59 Å². The lowest BCUT2D eigenvalue weighted by molar-refractivity contribution is -0.148. The summed E-state index contributed by atoms with van der Waals surface area (Å²) in [6.07, 6.45) is 5.56. The number of amides is 1. The third kappa shape index (κ3) is 4.20. The number of carbonyl (C=O) groups excluding carboxylic acids is 1. The Bertz CT molecular complexity index is 325. The van der Waals surface area contributed by atoms with Gasteiger partial charge in [-0.2, -0.15) is 0 Å². The first-order chi connectivity index (χ1) is 9.16. The molecule has 2 aliphatic rings. The lowest BCUT2D eigenvalue weighted by Gasteiger charge is -2.35. The van der Waals surface area contributed by atoms with Gasteiger partial charge in [0, 0.05) is 26.1 Å². The molecule has 0 aliphatic carbocycles. The maximum absolute atomic E-state index is 12.3. The number of likely N-dealkylation sites (tertiary alicyclic amines) is 1. The van der Waals surface area contributed by atoms with Crippen LogP contribution in [0.4, 0.5) is 0 Å². The quantitative estimate of drug-likeness (QED) is 0.843. The van der Waals surface area contributed by atoms with Crippen molar-refractivity contribution in [2.24, 2.45) is 5.92 Å². The molecule has 5 heteroatoms. The zero-order valence-electron chi connectivity index (χ0n) is 11.3. The Hall–Kier alpha value is -1.10. The molecule has 0 spiro atoms. The molecule has 0 aromatic carbocycles. The molecule has 1 amide bonds. The molecular formula is C14H23NO4. The number of nitrogens with zero attached hydrogens (tertiary/aromatic N) is 1. The highest BCUT2D eigenvalue weighted by Gasteiger charge is 2.30. The molecule has 5 nitrogen and oxygen atoms in total. The molecule has 2 aliphatic heterocycles. The topological polar surface area (TPSA) is 66.8 Å². The van der Waals surface area contributed by atoms with Crippen molar-refractivity contribution in [1.82, 2.24) is 4.90 Å². The number of aliphatic carboxylic acids is 1. The smallest absolute Gasteiger partial charge is 0.303 e. The molecule has 0 unspecified atom stereocenters. The number of hydrogen-bond acceptors (Lipinski definition) is 3. The average molecular weight is 269 g/mol. The fraction of sp³-hybridized carbons (Fsp3) is 0.857. The van der Waals surface area contributed by atoms with Gasteiger partial charge in [-0.3, -0.25) is 9.59 Å². The van der Waals surface area contributed by atoms with E-state index in [1.54, 1.807) is 0 Å².